The van der Waals surface area contributed by atoms with E-state index in [9.17, 15) is 23.4 Å². The van der Waals surface area contributed by atoms with Crippen LogP contribution < -0.4 is 0 Å². The molecule has 0 aliphatic rings. The number of pyridine rings is 1. The van der Waals surface area contributed by atoms with E-state index in [0.717, 1.165) is 18.3 Å². The third-order valence-corrected chi connectivity index (χ3v) is 2.21. The number of nitrogens with zero attached hydrogens (tertiary/aromatic N) is 1. The highest BCUT2D eigenvalue weighted by Crippen LogP contribution is 2.34. The van der Waals surface area contributed by atoms with Gasteiger partial charge in [0.25, 0.3) is 0 Å². The minimum absolute atomic E-state index is 0.227. The Hall–Kier alpha value is -1.18. The van der Waals surface area contributed by atoms with Crippen molar-refractivity contribution in [2.24, 2.45) is 0 Å². The lowest BCUT2D eigenvalue weighted by molar-refractivity contribution is -0.140. The van der Waals surface area contributed by atoms with Crippen LogP contribution in [0.4, 0.5) is 13.2 Å². The zero-order valence-electron chi connectivity index (χ0n) is 8.72. The predicted molar refractivity (Wildman–Crippen MR) is 51.9 cm³/mol. The average molecular weight is 251 g/mol. The molecule has 0 radical (unpaired) electrons. The van der Waals surface area contributed by atoms with E-state index in [1.165, 1.54) is 0 Å². The summed E-state index contributed by atoms with van der Waals surface area (Å²) in [5.74, 6) is 0. The van der Waals surface area contributed by atoms with E-state index in [0.29, 0.717) is 0 Å². The fourth-order valence-corrected chi connectivity index (χ4v) is 1.37. The van der Waals surface area contributed by atoms with Crippen molar-refractivity contribution in [3.8, 4) is 0 Å². The van der Waals surface area contributed by atoms with Gasteiger partial charge in [0, 0.05) is 12.8 Å². The Morgan fingerprint density at radius 3 is 2.47 bits per heavy atom. The molecule has 0 saturated carbocycles. The lowest BCUT2D eigenvalue weighted by Gasteiger charge is -2.20. The molecule has 0 fully saturated rings. The second-order valence-corrected chi connectivity index (χ2v) is 3.46. The zero-order chi connectivity index (χ0) is 13.1. The fourth-order valence-electron chi connectivity index (χ4n) is 1.37. The fraction of sp³-hybridized carbons (Fsp3) is 0.500. The van der Waals surface area contributed by atoms with Gasteiger partial charge in [0.05, 0.1) is 17.4 Å². The van der Waals surface area contributed by atoms with Crippen molar-refractivity contribution in [3.05, 3.63) is 29.6 Å². The number of hydrogen-bond acceptors (Lipinski definition) is 4. The minimum atomic E-state index is -4.65. The molecule has 1 heterocycles. The van der Waals surface area contributed by atoms with Crippen molar-refractivity contribution in [2.45, 2.75) is 24.8 Å². The van der Waals surface area contributed by atoms with Crippen LogP contribution in [0.1, 0.15) is 23.8 Å². The monoisotopic (exact) mass is 251 g/mol. The van der Waals surface area contributed by atoms with Gasteiger partial charge in [-0.2, -0.15) is 13.2 Å². The lowest BCUT2D eigenvalue weighted by atomic mass is 10.0. The van der Waals surface area contributed by atoms with E-state index in [-0.39, 0.29) is 6.42 Å². The maximum atomic E-state index is 12.6. The Morgan fingerprint density at radius 2 is 1.94 bits per heavy atom. The molecule has 3 N–H and O–H groups in total. The van der Waals surface area contributed by atoms with Crippen molar-refractivity contribution >= 4 is 0 Å². The molecular formula is C10H12F3NO3. The largest absolute Gasteiger partial charge is 0.418 e. The van der Waals surface area contributed by atoms with Crippen molar-refractivity contribution in [1.29, 1.82) is 0 Å². The molecule has 0 aliphatic heterocycles. The summed E-state index contributed by atoms with van der Waals surface area (Å²) < 4.78 is 37.7. The van der Waals surface area contributed by atoms with Gasteiger partial charge in [-0.15, -0.1) is 0 Å². The molecular weight excluding hydrogens is 239 g/mol. The summed E-state index contributed by atoms with van der Waals surface area (Å²) in [5, 5.41) is 27.4. The lowest BCUT2D eigenvalue weighted by Crippen LogP contribution is -2.23. The third-order valence-electron chi connectivity index (χ3n) is 2.21. The number of aromatic nitrogens is 1. The summed E-state index contributed by atoms with van der Waals surface area (Å²) in [6, 6.07) is 1.87. The molecule has 0 saturated heterocycles. The first-order valence-electron chi connectivity index (χ1n) is 4.87. The Morgan fingerprint density at radius 1 is 1.29 bits per heavy atom. The van der Waals surface area contributed by atoms with E-state index in [1.807, 2.05) is 0 Å². The van der Waals surface area contributed by atoms with Gasteiger partial charge in [-0.05, 0) is 18.6 Å². The number of aliphatic hydroxyl groups excluding tert-OH is 3. The Kier molecular flexibility index (Phi) is 4.44. The van der Waals surface area contributed by atoms with Crippen LogP contribution in [0, 0.1) is 0 Å². The number of alkyl halides is 3. The highest BCUT2D eigenvalue weighted by molar-refractivity contribution is 5.25. The molecule has 1 aromatic heterocycles. The molecule has 96 valence electrons. The SMILES string of the molecule is OCCC(O)C(O)c1ncccc1C(F)(F)F. The highest BCUT2D eigenvalue weighted by atomic mass is 19.4. The predicted octanol–water partition coefficient (Wildman–Crippen LogP) is 0.877. The van der Waals surface area contributed by atoms with E-state index in [4.69, 9.17) is 5.11 Å². The topological polar surface area (TPSA) is 73.6 Å². The average Bonchev–Trinajstić information content (AvgIpc) is 2.27. The van der Waals surface area contributed by atoms with Crippen LogP contribution in [0.3, 0.4) is 0 Å². The molecule has 4 nitrogen and oxygen atoms in total. The highest BCUT2D eigenvalue weighted by Gasteiger charge is 2.37. The van der Waals surface area contributed by atoms with Crippen LogP contribution >= 0.6 is 0 Å². The summed E-state index contributed by atoms with van der Waals surface area (Å²) in [6.45, 7) is -0.438. The van der Waals surface area contributed by atoms with Gasteiger partial charge in [-0.1, -0.05) is 0 Å². The van der Waals surface area contributed by atoms with Gasteiger partial charge in [0.1, 0.15) is 6.10 Å². The normalized spacial score (nSPS) is 15.6. The minimum Gasteiger partial charge on any atom is -0.396 e. The zero-order valence-corrected chi connectivity index (χ0v) is 8.72. The molecule has 1 rings (SSSR count). The molecule has 0 aliphatic carbocycles. The van der Waals surface area contributed by atoms with Gasteiger partial charge in [-0.3, -0.25) is 4.98 Å². The maximum absolute atomic E-state index is 12.6. The quantitative estimate of drug-likeness (QED) is 0.742. The molecule has 0 spiro atoms. The number of aliphatic hydroxyl groups is 3. The van der Waals surface area contributed by atoms with Crippen LogP contribution in [0.5, 0.6) is 0 Å². The summed E-state index contributed by atoms with van der Waals surface area (Å²) in [6.07, 6.45) is -7.05. The first kappa shape index (κ1) is 13.9. The van der Waals surface area contributed by atoms with Crippen LogP contribution in [-0.2, 0) is 6.18 Å². The third kappa shape index (κ3) is 3.39. The molecule has 17 heavy (non-hydrogen) atoms. The van der Waals surface area contributed by atoms with Gasteiger partial charge in [0.2, 0.25) is 0 Å². The Balaban J connectivity index is 3.05. The van der Waals surface area contributed by atoms with Crippen molar-refractivity contribution in [2.75, 3.05) is 6.61 Å². The molecule has 2 atom stereocenters. The van der Waals surface area contributed by atoms with Crippen molar-refractivity contribution < 1.29 is 28.5 Å². The van der Waals surface area contributed by atoms with Crippen molar-refractivity contribution in [1.82, 2.24) is 4.98 Å². The van der Waals surface area contributed by atoms with Crippen LogP contribution in [0.25, 0.3) is 0 Å². The van der Waals surface area contributed by atoms with E-state index >= 15 is 0 Å². The van der Waals surface area contributed by atoms with Gasteiger partial charge in [0.15, 0.2) is 0 Å². The van der Waals surface area contributed by atoms with Gasteiger partial charge < -0.3 is 15.3 Å². The molecule has 7 heteroatoms. The molecule has 2 unspecified atom stereocenters. The van der Waals surface area contributed by atoms with Gasteiger partial charge >= 0.3 is 6.18 Å². The standard InChI is InChI=1S/C10H12F3NO3/c11-10(12,13)6-2-1-4-14-8(6)9(17)7(16)3-5-15/h1-2,4,7,9,15-17H,3,5H2. The summed E-state index contributed by atoms with van der Waals surface area (Å²) >= 11 is 0. The number of hydrogen-bond donors (Lipinski definition) is 3. The smallest absolute Gasteiger partial charge is 0.396 e. The van der Waals surface area contributed by atoms with E-state index in [1.54, 1.807) is 0 Å². The Labute approximate surface area is 95.4 Å². The number of rotatable bonds is 4. The number of halogens is 3. The first-order valence-corrected chi connectivity index (χ1v) is 4.87. The summed E-state index contributed by atoms with van der Waals surface area (Å²) in [4.78, 5) is 3.44. The van der Waals surface area contributed by atoms with Crippen molar-refractivity contribution in [3.63, 3.8) is 0 Å². The van der Waals surface area contributed by atoms with Crippen LogP contribution in [-0.4, -0.2) is 33.0 Å². The Bertz CT molecular complexity index is 370. The van der Waals surface area contributed by atoms with Crippen LogP contribution in [0.2, 0.25) is 0 Å². The second-order valence-electron chi connectivity index (χ2n) is 3.46. The summed E-state index contributed by atoms with van der Waals surface area (Å²) in [7, 11) is 0. The summed E-state index contributed by atoms with van der Waals surface area (Å²) in [5.41, 5.74) is -1.73. The molecule has 0 amide bonds. The van der Waals surface area contributed by atoms with E-state index in [2.05, 4.69) is 4.98 Å². The molecule has 0 bridgehead atoms. The second kappa shape index (κ2) is 5.44. The first-order chi connectivity index (χ1) is 7.88. The van der Waals surface area contributed by atoms with Gasteiger partial charge in [-0.25, -0.2) is 0 Å². The maximum Gasteiger partial charge on any atom is 0.418 e. The van der Waals surface area contributed by atoms with E-state index < -0.39 is 36.2 Å². The molecule has 1 aromatic rings. The molecule has 0 aromatic carbocycles. The van der Waals surface area contributed by atoms with Crippen LogP contribution in [0.15, 0.2) is 18.3 Å².